The van der Waals surface area contributed by atoms with Crippen molar-refractivity contribution in [3.05, 3.63) is 43.3 Å². The third-order valence-corrected chi connectivity index (χ3v) is 5.22. The van der Waals surface area contributed by atoms with E-state index >= 15 is 0 Å². The second-order valence-corrected chi connectivity index (χ2v) is 6.52. The molecule has 0 fully saturated rings. The predicted molar refractivity (Wildman–Crippen MR) is 85.9 cm³/mol. The van der Waals surface area contributed by atoms with Gasteiger partial charge in [0.2, 0.25) is 0 Å². The fourth-order valence-electron chi connectivity index (χ4n) is 1.71. The molecule has 0 aliphatic heterocycles. The molecule has 0 aliphatic rings. The number of hydrogen-bond donors (Lipinski definition) is 1. The average molecular weight is 438 g/mol. The molecule has 0 saturated carbocycles. The Morgan fingerprint density at radius 1 is 0.900 bits per heavy atom. The summed E-state index contributed by atoms with van der Waals surface area (Å²) in [6.07, 6.45) is 0. The molecule has 3 aromatic rings. The van der Waals surface area contributed by atoms with Gasteiger partial charge >= 0.3 is 0 Å². The van der Waals surface area contributed by atoms with Gasteiger partial charge in [0.25, 0.3) is 0 Å². The van der Waals surface area contributed by atoms with Gasteiger partial charge in [0, 0.05) is 15.0 Å². The predicted octanol–water partition coefficient (Wildman–Crippen LogP) is 4.96. The van der Waals surface area contributed by atoms with Crippen LogP contribution in [-0.4, -0.2) is 20.1 Å². The van der Waals surface area contributed by atoms with Crippen molar-refractivity contribution in [2.45, 2.75) is 0 Å². The molecule has 0 spiro atoms. The molecule has 3 rings (SSSR count). The zero-order valence-electron chi connectivity index (χ0n) is 9.61. The first-order valence-electron chi connectivity index (χ1n) is 5.36. The molecule has 4 nitrogen and oxygen atoms in total. The van der Waals surface area contributed by atoms with Gasteiger partial charge in [0.1, 0.15) is 22.5 Å². The van der Waals surface area contributed by atoms with Crippen molar-refractivity contribution in [2.75, 3.05) is 0 Å². The van der Waals surface area contributed by atoms with Crippen LogP contribution in [0.1, 0.15) is 0 Å². The number of nitrogens with zero attached hydrogens (tertiary/aromatic N) is 3. The second-order valence-electron chi connectivity index (χ2n) is 4.00. The summed E-state index contributed by atoms with van der Waals surface area (Å²) in [7, 11) is 0. The van der Waals surface area contributed by atoms with E-state index in [0.717, 1.165) is 8.95 Å². The minimum absolute atomic E-state index is 0.0437. The lowest BCUT2D eigenvalue weighted by Crippen LogP contribution is -1.99. The zero-order valence-corrected chi connectivity index (χ0v) is 14.3. The zero-order chi connectivity index (χ0) is 14.4. The summed E-state index contributed by atoms with van der Waals surface area (Å²) in [6, 6.07) is 6.54. The highest BCUT2D eigenvalue weighted by Crippen LogP contribution is 2.33. The van der Waals surface area contributed by atoms with Crippen molar-refractivity contribution in [2.24, 2.45) is 0 Å². The first kappa shape index (κ1) is 14.1. The Hall–Kier alpha value is -0.820. The molecule has 1 N–H and O–H groups in total. The van der Waals surface area contributed by atoms with Gasteiger partial charge in [-0.3, -0.25) is 0 Å². The number of fused-ring (bicyclic) bond motifs is 1. The van der Waals surface area contributed by atoms with Crippen LogP contribution in [-0.2, 0) is 0 Å². The van der Waals surface area contributed by atoms with E-state index < -0.39 is 0 Å². The number of benzene rings is 2. The van der Waals surface area contributed by atoms with Crippen LogP contribution in [0, 0.1) is 0 Å². The van der Waals surface area contributed by atoms with Gasteiger partial charge in [-0.2, -0.15) is 0 Å². The van der Waals surface area contributed by atoms with Crippen LogP contribution in [0.2, 0.25) is 10.0 Å². The van der Waals surface area contributed by atoms with E-state index in [4.69, 9.17) is 23.2 Å². The summed E-state index contributed by atoms with van der Waals surface area (Å²) in [5.41, 5.74) is 1.74. The van der Waals surface area contributed by atoms with Gasteiger partial charge in [-0.05, 0) is 50.1 Å². The maximum atomic E-state index is 9.94. The fourth-order valence-corrected chi connectivity index (χ4v) is 2.68. The fraction of sp³-hybridized carbons (Fsp3) is 0. The molecule has 0 aliphatic carbocycles. The van der Waals surface area contributed by atoms with E-state index in [-0.39, 0.29) is 10.8 Å². The summed E-state index contributed by atoms with van der Waals surface area (Å²) in [5, 5.41) is 19.2. The maximum Gasteiger partial charge on any atom is 0.144 e. The molecule has 2 aromatic carbocycles. The van der Waals surface area contributed by atoms with Crippen LogP contribution in [0.15, 0.2) is 33.2 Å². The van der Waals surface area contributed by atoms with E-state index in [9.17, 15) is 5.11 Å². The van der Waals surface area contributed by atoms with E-state index in [1.165, 1.54) is 16.9 Å². The van der Waals surface area contributed by atoms with Crippen LogP contribution < -0.4 is 0 Å². The Morgan fingerprint density at radius 2 is 1.40 bits per heavy atom. The SMILES string of the molecule is Oc1cc(Cl)c(Cl)cc1-n1nc2cc(Br)c(Br)cc2n1. The van der Waals surface area contributed by atoms with E-state index in [1.54, 1.807) is 0 Å². The molecular weight excluding hydrogens is 433 g/mol. The lowest BCUT2D eigenvalue weighted by atomic mass is 10.3. The van der Waals surface area contributed by atoms with Crippen LogP contribution in [0.5, 0.6) is 5.75 Å². The molecule has 0 radical (unpaired) electrons. The van der Waals surface area contributed by atoms with Gasteiger partial charge in [-0.25, -0.2) is 0 Å². The quantitative estimate of drug-likeness (QED) is 0.585. The van der Waals surface area contributed by atoms with E-state index in [0.29, 0.717) is 21.7 Å². The normalized spacial score (nSPS) is 11.2. The Labute approximate surface area is 140 Å². The van der Waals surface area contributed by atoms with Gasteiger partial charge in [0.05, 0.1) is 10.0 Å². The van der Waals surface area contributed by atoms with Crippen LogP contribution in [0.4, 0.5) is 0 Å². The number of rotatable bonds is 1. The molecule has 0 bridgehead atoms. The Bertz CT molecular complexity index is 796. The van der Waals surface area contributed by atoms with Gasteiger partial charge in [-0.15, -0.1) is 15.0 Å². The Morgan fingerprint density at radius 3 is 1.95 bits per heavy atom. The average Bonchev–Trinajstić information content (AvgIpc) is 2.77. The van der Waals surface area contributed by atoms with Crippen LogP contribution in [0.25, 0.3) is 16.7 Å². The smallest absolute Gasteiger partial charge is 0.144 e. The first-order chi connectivity index (χ1) is 9.45. The van der Waals surface area contributed by atoms with Crippen LogP contribution in [0.3, 0.4) is 0 Å². The molecule has 0 saturated heterocycles. The Kier molecular flexibility index (Phi) is 3.66. The molecule has 20 heavy (non-hydrogen) atoms. The molecule has 0 atom stereocenters. The van der Waals surface area contributed by atoms with Crippen molar-refractivity contribution < 1.29 is 5.11 Å². The highest BCUT2D eigenvalue weighted by molar-refractivity contribution is 9.13. The molecule has 1 aromatic heterocycles. The monoisotopic (exact) mass is 435 g/mol. The third kappa shape index (κ3) is 2.41. The van der Waals surface area contributed by atoms with Crippen molar-refractivity contribution in [1.29, 1.82) is 0 Å². The van der Waals surface area contributed by atoms with Crippen LogP contribution >= 0.6 is 55.1 Å². The highest BCUT2D eigenvalue weighted by atomic mass is 79.9. The summed E-state index contributed by atoms with van der Waals surface area (Å²) < 4.78 is 1.74. The molecule has 0 amide bonds. The lowest BCUT2D eigenvalue weighted by molar-refractivity contribution is 0.468. The van der Waals surface area contributed by atoms with Crippen molar-refractivity contribution in [3.63, 3.8) is 0 Å². The molecule has 102 valence electrons. The topological polar surface area (TPSA) is 50.9 Å². The van der Waals surface area contributed by atoms with Crippen molar-refractivity contribution in [1.82, 2.24) is 15.0 Å². The number of aromatic nitrogens is 3. The van der Waals surface area contributed by atoms with Gasteiger partial charge in [-0.1, -0.05) is 23.2 Å². The number of phenolic OH excluding ortho intramolecular Hbond substituents is 1. The summed E-state index contributed by atoms with van der Waals surface area (Å²) in [5.74, 6) is -0.0437. The third-order valence-electron chi connectivity index (χ3n) is 2.66. The number of aromatic hydroxyl groups is 1. The molecule has 8 heteroatoms. The first-order valence-corrected chi connectivity index (χ1v) is 7.70. The van der Waals surface area contributed by atoms with E-state index in [2.05, 4.69) is 42.1 Å². The van der Waals surface area contributed by atoms with Crippen molar-refractivity contribution >= 4 is 66.1 Å². The number of halogens is 4. The Balaban J connectivity index is 2.22. The number of phenols is 1. The van der Waals surface area contributed by atoms with E-state index in [1.807, 2.05) is 12.1 Å². The standard InChI is InChI=1S/C12H5Br2Cl2N3O/c13-5-1-9-10(2-6(5)14)18-19(17-9)11-3-7(15)8(16)4-12(11)20/h1-4,20H. The summed E-state index contributed by atoms with van der Waals surface area (Å²) >= 11 is 18.6. The molecule has 1 heterocycles. The maximum absolute atomic E-state index is 9.94. The van der Waals surface area contributed by atoms with Gasteiger partial charge in [0.15, 0.2) is 0 Å². The molecule has 0 unspecified atom stereocenters. The summed E-state index contributed by atoms with van der Waals surface area (Å²) in [6.45, 7) is 0. The summed E-state index contributed by atoms with van der Waals surface area (Å²) in [4.78, 5) is 1.32. The largest absolute Gasteiger partial charge is 0.506 e. The lowest BCUT2D eigenvalue weighted by Gasteiger charge is -2.04. The highest BCUT2D eigenvalue weighted by Gasteiger charge is 2.13. The second kappa shape index (κ2) is 5.18. The molecular formula is C12H5Br2Cl2N3O. The number of hydrogen-bond acceptors (Lipinski definition) is 3. The minimum atomic E-state index is -0.0437. The van der Waals surface area contributed by atoms with Crippen molar-refractivity contribution in [3.8, 4) is 11.4 Å². The van der Waals surface area contributed by atoms with Gasteiger partial charge < -0.3 is 5.11 Å². The minimum Gasteiger partial charge on any atom is -0.506 e.